The zero-order chi connectivity index (χ0) is 10.1. The zero-order valence-corrected chi connectivity index (χ0v) is 8.97. The molecule has 0 aliphatic heterocycles. The van der Waals surface area contributed by atoms with Crippen molar-refractivity contribution in [2.24, 2.45) is 0 Å². The van der Waals surface area contributed by atoms with Crippen molar-refractivity contribution < 1.29 is 5.11 Å². The van der Waals surface area contributed by atoms with Gasteiger partial charge < -0.3 is 5.11 Å². The van der Waals surface area contributed by atoms with Crippen LogP contribution in [0.2, 0.25) is 0 Å². The third-order valence-electron chi connectivity index (χ3n) is 2.28. The first kappa shape index (κ1) is 12.5. The first-order valence-electron chi connectivity index (χ1n) is 5.29. The predicted molar refractivity (Wildman–Crippen MR) is 57.7 cm³/mol. The topological polar surface area (TPSA) is 20.2 Å². The van der Waals surface area contributed by atoms with Crippen molar-refractivity contribution in [3.05, 3.63) is 17.9 Å². The Balaban J connectivity index is 3.46. The van der Waals surface area contributed by atoms with E-state index in [1.54, 1.807) is 6.92 Å². The van der Waals surface area contributed by atoms with E-state index in [4.69, 9.17) is 0 Å². The molecule has 0 aliphatic carbocycles. The second-order valence-corrected chi connectivity index (χ2v) is 3.54. The minimum absolute atomic E-state index is 0.372. The fourth-order valence-corrected chi connectivity index (χ4v) is 1.36. The lowest BCUT2D eigenvalue weighted by molar-refractivity contribution is 0.226. The van der Waals surface area contributed by atoms with Crippen molar-refractivity contribution in [3.8, 4) is 0 Å². The fourth-order valence-electron chi connectivity index (χ4n) is 1.36. The highest BCUT2D eigenvalue weighted by molar-refractivity contribution is 5.03. The van der Waals surface area contributed by atoms with Crippen LogP contribution in [0, 0.1) is 0 Å². The summed E-state index contributed by atoms with van der Waals surface area (Å²) in [6.45, 7) is 7.57. The maximum atomic E-state index is 9.28. The Morgan fingerprint density at radius 3 is 2.38 bits per heavy atom. The number of aliphatic hydroxyl groups is 1. The van der Waals surface area contributed by atoms with Crippen molar-refractivity contribution in [1.82, 2.24) is 0 Å². The van der Waals surface area contributed by atoms with Crippen molar-refractivity contribution >= 4 is 0 Å². The maximum Gasteiger partial charge on any atom is 0.0795 e. The summed E-state index contributed by atoms with van der Waals surface area (Å²) in [6, 6.07) is 0. The van der Waals surface area contributed by atoms with Crippen LogP contribution in [0.25, 0.3) is 0 Å². The van der Waals surface area contributed by atoms with Gasteiger partial charge in [0.2, 0.25) is 0 Å². The molecule has 0 aliphatic rings. The molecule has 0 saturated carbocycles. The van der Waals surface area contributed by atoms with Crippen LogP contribution in [-0.4, -0.2) is 11.2 Å². The van der Waals surface area contributed by atoms with Crippen LogP contribution < -0.4 is 0 Å². The summed E-state index contributed by atoms with van der Waals surface area (Å²) >= 11 is 0. The van der Waals surface area contributed by atoms with Gasteiger partial charge in [0, 0.05) is 0 Å². The molecule has 0 aromatic heterocycles. The summed E-state index contributed by atoms with van der Waals surface area (Å²) in [5, 5.41) is 9.28. The average Bonchev–Trinajstić information content (AvgIpc) is 2.10. The maximum absolute atomic E-state index is 9.28. The van der Waals surface area contributed by atoms with E-state index in [0.717, 1.165) is 18.4 Å². The summed E-state index contributed by atoms with van der Waals surface area (Å²) in [7, 11) is 0. The smallest absolute Gasteiger partial charge is 0.0795 e. The Labute approximate surface area is 82.2 Å². The predicted octanol–water partition coefficient (Wildman–Crippen LogP) is 3.44. The van der Waals surface area contributed by atoms with E-state index in [-0.39, 0.29) is 6.10 Å². The molecule has 13 heavy (non-hydrogen) atoms. The Bertz CT molecular complexity index is 164. The summed E-state index contributed by atoms with van der Waals surface area (Å²) < 4.78 is 0. The second-order valence-electron chi connectivity index (χ2n) is 3.54. The van der Waals surface area contributed by atoms with Crippen LogP contribution in [0.15, 0.2) is 17.9 Å². The highest BCUT2D eigenvalue weighted by Crippen LogP contribution is 2.12. The molecule has 0 unspecified atom stereocenters. The van der Waals surface area contributed by atoms with Gasteiger partial charge in [0.05, 0.1) is 6.10 Å². The Morgan fingerprint density at radius 2 is 1.92 bits per heavy atom. The van der Waals surface area contributed by atoms with E-state index < -0.39 is 0 Å². The summed E-state index contributed by atoms with van der Waals surface area (Å²) in [4.78, 5) is 0. The van der Waals surface area contributed by atoms with E-state index in [0.29, 0.717) is 0 Å². The van der Waals surface area contributed by atoms with Crippen molar-refractivity contribution in [2.45, 2.75) is 58.5 Å². The van der Waals surface area contributed by atoms with Gasteiger partial charge in [-0.05, 0) is 25.3 Å². The standard InChI is InChI=1S/C12H22O/c1-4-6-7-8-9-10-12(5-2)11(3)13/h11,13H,2,4,6-10H2,1,3H3/t11-/m0/s1. The Kier molecular flexibility index (Phi) is 7.77. The van der Waals surface area contributed by atoms with Gasteiger partial charge in [-0.1, -0.05) is 39.2 Å². The number of rotatable bonds is 7. The Hall–Kier alpha value is -0.520. The van der Waals surface area contributed by atoms with Crippen LogP contribution >= 0.6 is 0 Å². The van der Waals surface area contributed by atoms with Gasteiger partial charge in [0.1, 0.15) is 0 Å². The van der Waals surface area contributed by atoms with Crippen LogP contribution in [0.1, 0.15) is 52.4 Å². The van der Waals surface area contributed by atoms with Gasteiger partial charge in [0.15, 0.2) is 0 Å². The summed E-state index contributed by atoms with van der Waals surface area (Å²) in [5.41, 5.74) is 3.76. The van der Waals surface area contributed by atoms with Gasteiger partial charge >= 0.3 is 0 Å². The normalized spacial score (nSPS) is 12.2. The molecule has 1 heteroatoms. The average molecular weight is 182 g/mol. The second kappa shape index (κ2) is 8.10. The third-order valence-corrected chi connectivity index (χ3v) is 2.28. The van der Waals surface area contributed by atoms with Crippen LogP contribution in [-0.2, 0) is 0 Å². The molecule has 0 aromatic carbocycles. The van der Waals surface area contributed by atoms with E-state index in [2.05, 4.69) is 19.2 Å². The van der Waals surface area contributed by atoms with Gasteiger partial charge in [-0.25, -0.2) is 0 Å². The molecule has 0 heterocycles. The largest absolute Gasteiger partial charge is 0.388 e. The molecule has 1 nitrogen and oxygen atoms in total. The molecule has 0 fully saturated rings. The molecule has 0 aromatic rings. The lowest BCUT2D eigenvalue weighted by Gasteiger charge is -2.07. The molecular formula is C12H22O. The zero-order valence-electron chi connectivity index (χ0n) is 8.97. The molecule has 0 spiro atoms. The molecule has 0 amide bonds. The number of unbranched alkanes of at least 4 members (excludes halogenated alkanes) is 4. The monoisotopic (exact) mass is 182 g/mol. The molecule has 0 bridgehead atoms. The highest BCUT2D eigenvalue weighted by Gasteiger charge is 2.02. The minimum atomic E-state index is -0.372. The SMILES string of the molecule is C=C=C(CCCCCCC)[C@H](C)O. The highest BCUT2D eigenvalue weighted by atomic mass is 16.3. The molecule has 0 saturated heterocycles. The van der Waals surface area contributed by atoms with Crippen LogP contribution in [0.5, 0.6) is 0 Å². The van der Waals surface area contributed by atoms with Crippen molar-refractivity contribution in [1.29, 1.82) is 0 Å². The van der Waals surface area contributed by atoms with Crippen molar-refractivity contribution in [2.75, 3.05) is 0 Å². The molecular weight excluding hydrogens is 160 g/mol. The number of aliphatic hydroxyl groups excluding tert-OH is 1. The van der Waals surface area contributed by atoms with E-state index in [9.17, 15) is 5.11 Å². The van der Waals surface area contributed by atoms with Gasteiger partial charge in [-0.15, -0.1) is 5.73 Å². The first-order chi connectivity index (χ1) is 6.22. The molecule has 0 rings (SSSR count). The van der Waals surface area contributed by atoms with Crippen molar-refractivity contribution in [3.63, 3.8) is 0 Å². The quantitative estimate of drug-likeness (QED) is 0.472. The Morgan fingerprint density at radius 1 is 1.31 bits per heavy atom. The molecule has 1 atom stereocenters. The van der Waals surface area contributed by atoms with E-state index >= 15 is 0 Å². The van der Waals surface area contributed by atoms with Gasteiger partial charge in [-0.2, -0.15) is 0 Å². The third kappa shape index (κ3) is 6.62. The minimum Gasteiger partial charge on any atom is -0.388 e. The molecule has 0 radical (unpaired) electrons. The van der Waals surface area contributed by atoms with Gasteiger partial charge in [0.25, 0.3) is 0 Å². The summed E-state index contributed by atoms with van der Waals surface area (Å²) in [6.07, 6.45) is 6.89. The molecule has 76 valence electrons. The summed E-state index contributed by atoms with van der Waals surface area (Å²) in [5.74, 6) is 0. The van der Waals surface area contributed by atoms with Crippen LogP contribution in [0.4, 0.5) is 0 Å². The van der Waals surface area contributed by atoms with Gasteiger partial charge in [-0.3, -0.25) is 0 Å². The van der Waals surface area contributed by atoms with E-state index in [1.165, 1.54) is 25.7 Å². The van der Waals surface area contributed by atoms with Crippen LogP contribution in [0.3, 0.4) is 0 Å². The van der Waals surface area contributed by atoms with E-state index in [1.807, 2.05) is 0 Å². The number of hydrogen-bond donors (Lipinski definition) is 1. The lowest BCUT2D eigenvalue weighted by atomic mass is 10.0. The molecule has 1 N–H and O–H groups in total. The lowest BCUT2D eigenvalue weighted by Crippen LogP contribution is -2.03. The fraction of sp³-hybridized carbons (Fsp3) is 0.750. The first-order valence-corrected chi connectivity index (χ1v) is 5.29. The number of hydrogen-bond acceptors (Lipinski definition) is 1.